The zero-order chi connectivity index (χ0) is 22.0. The van der Waals surface area contributed by atoms with Crippen LogP contribution in [-0.2, 0) is 16.6 Å². The molecule has 3 heterocycles. The fourth-order valence-corrected chi connectivity index (χ4v) is 6.84. The van der Waals surface area contributed by atoms with Crippen molar-refractivity contribution in [3.05, 3.63) is 57.1 Å². The highest BCUT2D eigenvalue weighted by Gasteiger charge is 2.27. The van der Waals surface area contributed by atoms with Crippen LogP contribution in [0.3, 0.4) is 0 Å². The van der Waals surface area contributed by atoms with Crippen LogP contribution in [-0.4, -0.2) is 53.2 Å². The first-order chi connectivity index (χ1) is 14.8. The van der Waals surface area contributed by atoms with Gasteiger partial charge in [-0.25, -0.2) is 13.4 Å². The van der Waals surface area contributed by atoms with Gasteiger partial charge in [-0.1, -0.05) is 23.7 Å². The van der Waals surface area contributed by atoms with Crippen molar-refractivity contribution < 1.29 is 13.2 Å². The quantitative estimate of drug-likeness (QED) is 0.541. The Balaban J connectivity index is 1.42. The molecule has 1 aromatic carbocycles. The molecule has 1 fully saturated rings. The predicted molar refractivity (Wildman–Crippen MR) is 125 cm³/mol. The molecule has 0 unspecified atom stereocenters. The van der Waals surface area contributed by atoms with E-state index in [0.29, 0.717) is 18.1 Å². The van der Waals surface area contributed by atoms with E-state index in [2.05, 4.69) is 15.3 Å². The third kappa shape index (κ3) is 4.98. The maximum atomic E-state index is 12.7. The van der Waals surface area contributed by atoms with Gasteiger partial charge in [0.2, 0.25) is 10.0 Å². The number of H-pyrrole nitrogens is 1. The number of hydrogen-bond donors (Lipinski definition) is 2. The van der Waals surface area contributed by atoms with Crippen LogP contribution in [0.25, 0.3) is 11.3 Å². The van der Waals surface area contributed by atoms with Gasteiger partial charge in [0.1, 0.15) is 15.6 Å². The zero-order valence-electron chi connectivity index (χ0n) is 16.7. The lowest BCUT2D eigenvalue weighted by atomic mass is 10.1. The van der Waals surface area contributed by atoms with Gasteiger partial charge in [0.15, 0.2) is 0 Å². The van der Waals surface area contributed by atoms with Crippen LogP contribution >= 0.6 is 34.7 Å². The summed E-state index contributed by atoms with van der Waals surface area (Å²) in [5, 5.41) is 4.23. The van der Waals surface area contributed by atoms with Gasteiger partial charge in [-0.3, -0.25) is 4.79 Å². The van der Waals surface area contributed by atoms with E-state index in [1.165, 1.54) is 27.9 Å². The molecule has 7 nitrogen and oxygen atoms in total. The highest BCUT2D eigenvalue weighted by Crippen LogP contribution is 2.28. The van der Waals surface area contributed by atoms with Gasteiger partial charge in [-0.05, 0) is 25.1 Å². The van der Waals surface area contributed by atoms with E-state index < -0.39 is 10.0 Å². The van der Waals surface area contributed by atoms with Gasteiger partial charge in [0, 0.05) is 46.3 Å². The normalized spacial score (nSPS) is 15.2. The van der Waals surface area contributed by atoms with Gasteiger partial charge in [0.25, 0.3) is 5.91 Å². The highest BCUT2D eigenvalue weighted by atomic mass is 35.5. The lowest BCUT2D eigenvalue weighted by molar-refractivity contribution is 0.0946. The van der Waals surface area contributed by atoms with Crippen molar-refractivity contribution in [1.82, 2.24) is 19.6 Å². The number of carbonyl (C=O) groups is 1. The largest absolute Gasteiger partial charge is 0.356 e. The van der Waals surface area contributed by atoms with Crippen molar-refractivity contribution in [2.75, 3.05) is 24.6 Å². The Labute approximate surface area is 194 Å². The van der Waals surface area contributed by atoms with E-state index in [0.717, 1.165) is 32.6 Å². The first-order valence-electron chi connectivity index (χ1n) is 9.61. The number of thiazole rings is 1. The molecule has 11 heteroatoms. The number of nitrogens with zero attached hydrogens (tertiary/aromatic N) is 2. The average Bonchev–Trinajstić information content (AvgIpc) is 3.41. The number of halogens is 1. The van der Waals surface area contributed by atoms with Crippen molar-refractivity contribution in [1.29, 1.82) is 0 Å². The molecule has 0 atom stereocenters. The summed E-state index contributed by atoms with van der Waals surface area (Å²) in [6, 6.07) is 8.84. The molecule has 164 valence electrons. The summed E-state index contributed by atoms with van der Waals surface area (Å²) in [5.41, 5.74) is 2.03. The number of sulfonamides is 1. The number of aromatic nitrogens is 2. The fraction of sp³-hybridized carbons (Fsp3) is 0.300. The summed E-state index contributed by atoms with van der Waals surface area (Å²) in [4.78, 5) is 21.1. The second-order valence-electron chi connectivity index (χ2n) is 6.97. The molecule has 0 saturated carbocycles. The Morgan fingerprint density at radius 3 is 2.68 bits per heavy atom. The number of aryl methyl sites for hydroxylation is 1. The van der Waals surface area contributed by atoms with Gasteiger partial charge in [0.05, 0.1) is 12.2 Å². The summed E-state index contributed by atoms with van der Waals surface area (Å²) in [6.07, 6.45) is 1.37. The number of hydrogen-bond acceptors (Lipinski definition) is 6. The molecule has 2 aromatic heterocycles. The van der Waals surface area contributed by atoms with Crippen LogP contribution in [0.2, 0.25) is 5.02 Å². The number of rotatable bonds is 6. The minimum atomic E-state index is -3.59. The van der Waals surface area contributed by atoms with Crippen LogP contribution in [0, 0.1) is 6.92 Å². The predicted octanol–water partition coefficient (Wildman–Crippen LogP) is 3.77. The number of amides is 1. The lowest BCUT2D eigenvalue weighted by Crippen LogP contribution is -2.37. The highest BCUT2D eigenvalue weighted by molar-refractivity contribution is 7.99. The molecule has 2 N–H and O–H groups in total. The Morgan fingerprint density at radius 2 is 1.97 bits per heavy atom. The molecule has 1 saturated heterocycles. The fourth-order valence-electron chi connectivity index (χ4n) is 3.24. The van der Waals surface area contributed by atoms with Crippen LogP contribution in [0.15, 0.2) is 41.4 Å². The standard InChI is InChI=1S/C20H21ClN4O3S3/c1-13-19(14-2-4-15(21)5-3-14)24-18(30-13)12-23-20(26)17-10-16(11-22-17)31(27,28)25-6-8-29-9-7-25/h2-5,10-11,22H,6-9,12H2,1H3,(H,23,26). The first-order valence-corrected chi connectivity index (χ1v) is 13.4. The second-order valence-corrected chi connectivity index (χ2v) is 11.9. The van der Waals surface area contributed by atoms with E-state index in [1.54, 1.807) is 11.8 Å². The average molecular weight is 497 g/mol. The van der Waals surface area contributed by atoms with Crippen molar-refractivity contribution in [3.8, 4) is 11.3 Å². The minimum Gasteiger partial charge on any atom is -0.356 e. The van der Waals surface area contributed by atoms with Crippen molar-refractivity contribution >= 4 is 50.6 Å². The molecule has 1 aliphatic rings. The molecule has 3 aromatic rings. The van der Waals surface area contributed by atoms with Gasteiger partial charge in [-0.15, -0.1) is 11.3 Å². The maximum absolute atomic E-state index is 12.7. The van der Waals surface area contributed by atoms with Gasteiger partial charge >= 0.3 is 0 Å². The van der Waals surface area contributed by atoms with Crippen LogP contribution in [0.5, 0.6) is 0 Å². The summed E-state index contributed by atoms with van der Waals surface area (Å²) in [6.45, 7) is 3.20. The Hall–Kier alpha value is -1.85. The Morgan fingerprint density at radius 1 is 1.26 bits per heavy atom. The SMILES string of the molecule is Cc1sc(CNC(=O)c2cc(S(=O)(=O)N3CCSCC3)c[nH]2)nc1-c1ccc(Cl)cc1. The topological polar surface area (TPSA) is 95.2 Å². The first kappa shape index (κ1) is 22.3. The molecule has 1 aliphatic heterocycles. The van der Waals surface area contributed by atoms with Crippen molar-refractivity contribution in [2.45, 2.75) is 18.4 Å². The molecule has 0 aliphatic carbocycles. The molecule has 1 amide bonds. The number of benzene rings is 1. The number of thioether (sulfide) groups is 1. The van der Waals surface area contributed by atoms with Crippen molar-refractivity contribution in [2.24, 2.45) is 0 Å². The summed E-state index contributed by atoms with van der Waals surface area (Å²) >= 11 is 9.19. The number of nitrogens with one attached hydrogen (secondary N) is 2. The van der Waals surface area contributed by atoms with E-state index in [1.807, 2.05) is 31.2 Å². The third-order valence-corrected chi connectivity index (χ3v) is 8.91. The van der Waals surface area contributed by atoms with E-state index in [-0.39, 0.29) is 23.0 Å². The molecule has 0 bridgehead atoms. The summed E-state index contributed by atoms with van der Waals surface area (Å²) in [5.74, 6) is 1.18. The van der Waals surface area contributed by atoms with E-state index in [9.17, 15) is 13.2 Å². The smallest absolute Gasteiger partial charge is 0.268 e. The second kappa shape index (κ2) is 9.33. The molecular formula is C20H21ClN4O3S3. The van der Waals surface area contributed by atoms with E-state index in [4.69, 9.17) is 11.6 Å². The van der Waals surface area contributed by atoms with Crippen molar-refractivity contribution in [3.63, 3.8) is 0 Å². The van der Waals surface area contributed by atoms with Crippen LogP contribution in [0.1, 0.15) is 20.4 Å². The maximum Gasteiger partial charge on any atom is 0.268 e. The lowest BCUT2D eigenvalue weighted by Gasteiger charge is -2.24. The van der Waals surface area contributed by atoms with Gasteiger partial charge in [-0.2, -0.15) is 16.1 Å². The molecule has 4 rings (SSSR count). The zero-order valence-corrected chi connectivity index (χ0v) is 19.9. The third-order valence-electron chi connectivity index (χ3n) is 4.87. The monoisotopic (exact) mass is 496 g/mol. The molecule has 0 spiro atoms. The minimum absolute atomic E-state index is 0.111. The Kier molecular flexibility index (Phi) is 6.73. The molecular weight excluding hydrogens is 476 g/mol. The number of carbonyl (C=O) groups excluding carboxylic acids is 1. The molecule has 0 radical (unpaired) electrons. The molecule has 31 heavy (non-hydrogen) atoms. The van der Waals surface area contributed by atoms with E-state index >= 15 is 0 Å². The summed E-state index contributed by atoms with van der Waals surface area (Å²) < 4.78 is 27.0. The van der Waals surface area contributed by atoms with Crippen LogP contribution in [0.4, 0.5) is 0 Å². The summed E-state index contributed by atoms with van der Waals surface area (Å²) in [7, 11) is -3.59. The number of aromatic amines is 1. The Bertz CT molecular complexity index is 1180. The van der Waals surface area contributed by atoms with Crippen LogP contribution < -0.4 is 5.32 Å². The van der Waals surface area contributed by atoms with Gasteiger partial charge < -0.3 is 10.3 Å².